The van der Waals surface area contributed by atoms with Gasteiger partial charge in [0, 0.05) is 11.8 Å². The van der Waals surface area contributed by atoms with E-state index in [0.29, 0.717) is 12.2 Å². The third kappa shape index (κ3) is 3.09. The zero-order valence-electron chi connectivity index (χ0n) is 9.39. The molecule has 0 atom stereocenters. The van der Waals surface area contributed by atoms with Crippen LogP contribution in [0.2, 0.25) is 5.15 Å². The summed E-state index contributed by atoms with van der Waals surface area (Å²) in [4.78, 5) is 7.78. The largest absolute Gasteiger partial charge is 0.368 e. The topological polar surface area (TPSA) is 87.6 Å². The number of hydrogen-bond acceptors (Lipinski definition) is 5. The molecule has 0 fully saturated rings. The fourth-order valence-corrected chi connectivity index (χ4v) is 1.63. The fraction of sp³-hybridized carbons (Fsp3) is 0.0833. The van der Waals surface area contributed by atoms with Crippen LogP contribution < -0.4 is 11.1 Å². The van der Waals surface area contributed by atoms with Crippen LogP contribution in [-0.4, -0.2) is 9.97 Å². The summed E-state index contributed by atoms with van der Waals surface area (Å²) in [6.07, 6.45) is 0.395. The average Bonchev–Trinajstić information content (AvgIpc) is 2.31. The lowest BCUT2D eigenvalue weighted by Gasteiger charge is -2.06. The lowest BCUT2D eigenvalue weighted by molar-refractivity contribution is 1.18. The Kier molecular flexibility index (Phi) is 3.60. The van der Waals surface area contributed by atoms with Crippen molar-refractivity contribution in [3.63, 3.8) is 0 Å². The van der Waals surface area contributed by atoms with Crippen LogP contribution in [0.1, 0.15) is 5.56 Å². The molecule has 0 unspecified atom stereocenters. The molecule has 1 aromatic heterocycles. The molecule has 0 saturated heterocycles. The number of hydrogen-bond donors (Lipinski definition) is 2. The van der Waals surface area contributed by atoms with Gasteiger partial charge < -0.3 is 11.1 Å². The Morgan fingerprint density at radius 1 is 1.28 bits per heavy atom. The first-order valence-corrected chi connectivity index (χ1v) is 5.58. The first kappa shape index (κ1) is 12.1. The molecule has 0 aliphatic carbocycles. The summed E-state index contributed by atoms with van der Waals surface area (Å²) in [7, 11) is 0. The van der Waals surface area contributed by atoms with Gasteiger partial charge in [-0.3, -0.25) is 0 Å². The summed E-state index contributed by atoms with van der Waals surface area (Å²) in [5, 5.41) is 11.9. The molecular weight excluding hydrogens is 250 g/mol. The Bertz CT molecular complexity index is 568. The quantitative estimate of drug-likeness (QED) is 0.827. The van der Waals surface area contributed by atoms with Crippen molar-refractivity contribution in [2.24, 2.45) is 0 Å². The summed E-state index contributed by atoms with van der Waals surface area (Å²) >= 11 is 5.78. The molecule has 0 aliphatic heterocycles. The Balaban J connectivity index is 2.16. The van der Waals surface area contributed by atoms with Gasteiger partial charge in [-0.15, -0.1) is 0 Å². The number of rotatable bonds is 3. The van der Waals surface area contributed by atoms with Gasteiger partial charge in [-0.1, -0.05) is 23.7 Å². The van der Waals surface area contributed by atoms with Gasteiger partial charge in [-0.25, -0.2) is 4.98 Å². The lowest BCUT2D eigenvalue weighted by atomic mass is 10.1. The highest BCUT2D eigenvalue weighted by Crippen LogP contribution is 2.18. The van der Waals surface area contributed by atoms with Gasteiger partial charge in [-0.2, -0.15) is 10.2 Å². The van der Waals surface area contributed by atoms with Crippen LogP contribution in [0, 0.1) is 11.3 Å². The molecule has 6 heteroatoms. The highest BCUT2D eigenvalue weighted by atomic mass is 35.5. The summed E-state index contributed by atoms with van der Waals surface area (Å²) in [5.41, 5.74) is 7.29. The molecule has 0 spiro atoms. The molecule has 18 heavy (non-hydrogen) atoms. The highest BCUT2D eigenvalue weighted by molar-refractivity contribution is 6.29. The molecule has 5 nitrogen and oxygen atoms in total. The van der Waals surface area contributed by atoms with Crippen LogP contribution in [-0.2, 0) is 6.42 Å². The summed E-state index contributed by atoms with van der Waals surface area (Å²) < 4.78 is 0. The van der Waals surface area contributed by atoms with Crippen molar-refractivity contribution in [1.82, 2.24) is 9.97 Å². The van der Waals surface area contributed by atoms with Crippen LogP contribution in [0.4, 0.5) is 17.5 Å². The van der Waals surface area contributed by atoms with E-state index in [-0.39, 0.29) is 11.1 Å². The minimum absolute atomic E-state index is 0.117. The SMILES string of the molecule is N#CCc1ccc(Nc2cc(Cl)nc(N)n2)cc1. The second kappa shape index (κ2) is 5.34. The second-order valence-electron chi connectivity index (χ2n) is 3.59. The van der Waals surface area contributed by atoms with E-state index in [9.17, 15) is 0 Å². The summed E-state index contributed by atoms with van der Waals surface area (Å²) in [6, 6.07) is 11.1. The number of nitrogens with zero attached hydrogens (tertiary/aromatic N) is 3. The van der Waals surface area contributed by atoms with Crippen LogP contribution >= 0.6 is 11.6 Å². The maximum Gasteiger partial charge on any atom is 0.223 e. The van der Waals surface area contributed by atoms with Crippen molar-refractivity contribution in [2.75, 3.05) is 11.1 Å². The Labute approximate surface area is 109 Å². The van der Waals surface area contributed by atoms with Gasteiger partial charge in [0.2, 0.25) is 5.95 Å². The molecule has 0 radical (unpaired) electrons. The molecule has 3 N–H and O–H groups in total. The molecule has 90 valence electrons. The smallest absolute Gasteiger partial charge is 0.223 e. The molecule has 2 rings (SSSR count). The van der Waals surface area contributed by atoms with E-state index >= 15 is 0 Å². The maximum atomic E-state index is 8.57. The van der Waals surface area contributed by atoms with E-state index < -0.39 is 0 Å². The standard InChI is InChI=1S/C12H10ClN5/c13-10-7-11(18-12(15)17-10)16-9-3-1-8(2-4-9)5-6-14/h1-4,7H,5H2,(H3,15,16,17,18). The van der Waals surface area contributed by atoms with E-state index in [1.54, 1.807) is 6.07 Å². The second-order valence-corrected chi connectivity index (χ2v) is 3.98. The van der Waals surface area contributed by atoms with Gasteiger partial charge in [0.25, 0.3) is 0 Å². The van der Waals surface area contributed by atoms with E-state index in [4.69, 9.17) is 22.6 Å². The number of nitriles is 1. The number of benzene rings is 1. The van der Waals surface area contributed by atoms with Gasteiger partial charge in [0.15, 0.2) is 0 Å². The van der Waals surface area contributed by atoms with Crippen LogP contribution in [0.3, 0.4) is 0 Å². The van der Waals surface area contributed by atoms with Gasteiger partial charge in [-0.05, 0) is 17.7 Å². The minimum atomic E-state index is 0.117. The number of nitrogen functional groups attached to an aromatic ring is 1. The first-order valence-electron chi connectivity index (χ1n) is 5.20. The predicted molar refractivity (Wildman–Crippen MR) is 70.5 cm³/mol. The van der Waals surface area contributed by atoms with Crippen LogP contribution in [0.5, 0.6) is 0 Å². The Morgan fingerprint density at radius 2 is 2.00 bits per heavy atom. The minimum Gasteiger partial charge on any atom is -0.368 e. The third-order valence-corrected chi connectivity index (χ3v) is 2.42. The zero-order valence-corrected chi connectivity index (χ0v) is 10.1. The number of aromatic nitrogens is 2. The van der Waals surface area contributed by atoms with Crippen molar-refractivity contribution < 1.29 is 0 Å². The molecule has 0 aliphatic rings. The fourth-order valence-electron chi connectivity index (χ4n) is 1.44. The molecule has 1 aromatic carbocycles. The molecule has 2 aromatic rings. The molecular formula is C12H10ClN5. The third-order valence-electron chi connectivity index (χ3n) is 2.22. The van der Waals surface area contributed by atoms with E-state index in [0.717, 1.165) is 11.3 Å². The Hall–Kier alpha value is -2.32. The summed E-state index contributed by atoms with van der Waals surface area (Å²) in [5.74, 6) is 0.645. The van der Waals surface area contributed by atoms with E-state index in [2.05, 4.69) is 21.4 Å². The van der Waals surface area contributed by atoms with E-state index in [1.165, 1.54) is 0 Å². The van der Waals surface area contributed by atoms with Gasteiger partial charge in [0.1, 0.15) is 11.0 Å². The first-order chi connectivity index (χ1) is 8.67. The van der Waals surface area contributed by atoms with Crippen molar-refractivity contribution >= 4 is 29.1 Å². The van der Waals surface area contributed by atoms with Crippen molar-refractivity contribution in [3.05, 3.63) is 41.0 Å². The average molecular weight is 260 g/mol. The number of nitrogens with two attached hydrogens (primary N) is 1. The number of nitrogens with one attached hydrogen (secondary N) is 1. The van der Waals surface area contributed by atoms with Gasteiger partial charge >= 0.3 is 0 Å². The van der Waals surface area contributed by atoms with E-state index in [1.807, 2.05) is 24.3 Å². The molecule has 0 saturated carbocycles. The lowest BCUT2D eigenvalue weighted by Crippen LogP contribution is -2.00. The monoisotopic (exact) mass is 259 g/mol. The zero-order chi connectivity index (χ0) is 13.0. The van der Waals surface area contributed by atoms with Crippen molar-refractivity contribution in [3.8, 4) is 6.07 Å². The highest BCUT2D eigenvalue weighted by Gasteiger charge is 2.01. The number of halogens is 1. The predicted octanol–water partition coefficient (Wildman–Crippen LogP) is 2.52. The Morgan fingerprint density at radius 3 is 2.61 bits per heavy atom. The van der Waals surface area contributed by atoms with Crippen LogP contribution in [0.15, 0.2) is 30.3 Å². The maximum absolute atomic E-state index is 8.57. The molecule has 0 bridgehead atoms. The molecule has 0 amide bonds. The number of anilines is 3. The van der Waals surface area contributed by atoms with Gasteiger partial charge in [0.05, 0.1) is 12.5 Å². The van der Waals surface area contributed by atoms with Crippen molar-refractivity contribution in [2.45, 2.75) is 6.42 Å². The molecule has 1 heterocycles. The summed E-state index contributed by atoms with van der Waals surface area (Å²) in [6.45, 7) is 0. The van der Waals surface area contributed by atoms with Crippen molar-refractivity contribution in [1.29, 1.82) is 5.26 Å². The van der Waals surface area contributed by atoms with Crippen LogP contribution in [0.25, 0.3) is 0 Å². The normalized spacial score (nSPS) is 9.78.